The molecule has 0 unspecified atom stereocenters. The average Bonchev–Trinajstić information content (AvgIpc) is 3.20. The number of carbonyl (C=O) groups is 2. The van der Waals surface area contributed by atoms with Crippen molar-refractivity contribution in [3.8, 4) is 11.5 Å². The first-order chi connectivity index (χ1) is 19.9. The molecule has 0 saturated carbocycles. The fraction of sp³-hybridized carbons (Fsp3) is 0.394. The van der Waals surface area contributed by atoms with Crippen molar-refractivity contribution in [1.82, 2.24) is 15.5 Å². The number of hydrogen-bond donors (Lipinski definition) is 2. The second-order valence-corrected chi connectivity index (χ2v) is 10.4. The lowest BCUT2D eigenvalue weighted by molar-refractivity contribution is -0.142. The Morgan fingerprint density at radius 2 is 1.66 bits per heavy atom. The quantitative estimate of drug-likeness (QED) is 0.297. The van der Waals surface area contributed by atoms with Crippen LogP contribution in [0.4, 0.5) is 4.39 Å². The molecule has 41 heavy (non-hydrogen) atoms. The van der Waals surface area contributed by atoms with Crippen LogP contribution in [0.1, 0.15) is 54.9 Å². The van der Waals surface area contributed by atoms with Crippen molar-refractivity contribution < 1.29 is 23.5 Å². The Kier molecular flexibility index (Phi) is 11.1. The third kappa shape index (κ3) is 9.05. The van der Waals surface area contributed by atoms with Gasteiger partial charge in [0, 0.05) is 26.2 Å². The minimum atomic E-state index is -0.542. The molecule has 2 amide bonds. The predicted octanol–water partition coefficient (Wildman–Crippen LogP) is 5.29. The summed E-state index contributed by atoms with van der Waals surface area (Å²) in [7, 11) is 0. The molecule has 4 rings (SSSR count). The number of aryl methyl sites for hydroxylation is 1. The summed E-state index contributed by atoms with van der Waals surface area (Å²) in [6.07, 6.45) is 3.31. The highest BCUT2D eigenvalue weighted by Gasteiger charge is 2.31. The second-order valence-electron chi connectivity index (χ2n) is 10.4. The van der Waals surface area contributed by atoms with Gasteiger partial charge in [0.1, 0.15) is 23.4 Å². The molecule has 3 aromatic carbocycles. The van der Waals surface area contributed by atoms with Crippen LogP contribution in [0.5, 0.6) is 11.5 Å². The van der Waals surface area contributed by atoms with Crippen LogP contribution in [-0.2, 0) is 29.2 Å². The number of nitrogens with one attached hydrogen (secondary N) is 2. The lowest BCUT2D eigenvalue weighted by Gasteiger charge is -2.30. The Morgan fingerprint density at radius 3 is 2.34 bits per heavy atom. The maximum atomic E-state index is 13.5. The summed E-state index contributed by atoms with van der Waals surface area (Å²) < 4.78 is 24.8. The van der Waals surface area contributed by atoms with Crippen molar-refractivity contribution in [1.29, 1.82) is 0 Å². The van der Waals surface area contributed by atoms with E-state index in [2.05, 4.69) is 17.6 Å². The molecule has 0 aromatic heterocycles. The first-order valence-electron chi connectivity index (χ1n) is 14.4. The van der Waals surface area contributed by atoms with E-state index in [1.807, 2.05) is 49.4 Å². The number of hydrogen-bond acceptors (Lipinski definition) is 5. The molecule has 0 bridgehead atoms. The molecule has 3 aromatic rings. The molecule has 7 nitrogen and oxygen atoms in total. The number of ether oxygens (including phenoxy) is 2. The third-order valence-electron chi connectivity index (χ3n) is 7.11. The average molecular weight is 562 g/mol. The maximum absolute atomic E-state index is 13.5. The first-order valence-corrected chi connectivity index (χ1v) is 14.4. The molecule has 1 atom stereocenters. The van der Waals surface area contributed by atoms with Gasteiger partial charge in [-0.2, -0.15) is 0 Å². The predicted molar refractivity (Wildman–Crippen MR) is 157 cm³/mol. The van der Waals surface area contributed by atoms with Crippen molar-refractivity contribution in [2.45, 2.75) is 65.2 Å². The lowest BCUT2D eigenvalue weighted by atomic mass is 10.1. The van der Waals surface area contributed by atoms with Gasteiger partial charge in [-0.3, -0.25) is 9.59 Å². The normalized spacial score (nSPS) is 15.1. The Morgan fingerprint density at radius 1 is 0.976 bits per heavy atom. The molecule has 1 fully saturated rings. The van der Waals surface area contributed by atoms with E-state index in [4.69, 9.17) is 9.47 Å². The zero-order valence-electron chi connectivity index (χ0n) is 24.0. The van der Waals surface area contributed by atoms with Crippen molar-refractivity contribution in [3.05, 3.63) is 94.8 Å². The summed E-state index contributed by atoms with van der Waals surface area (Å²) >= 11 is 0. The molecule has 0 spiro atoms. The highest BCUT2D eigenvalue weighted by Crippen LogP contribution is 2.23. The molecule has 8 heteroatoms. The smallest absolute Gasteiger partial charge is 0.261 e. The van der Waals surface area contributed by atoms with E-state index < -0.39 is 6.04 Å². The molecule has 0 radical (unpaired) electrons. The van der Waals surface area contributed by atoms with Crippen molar-refractivity contribution in [2.75, 3.05) is 19.8 Å². The van der Waals surface area contributed by atoms with Gasteiger partial charge >= 0.3 is 0 Å². The van der Waals surface area contributed by atoms with Crippen LogP contribution in [0.2, 0.25) is 0 Å². The summed E-state index contributed by atoms with van der Waals surface area (Å²) in [5.41, 5.74) is 4.00. The summed E-state index contributed by atoms with van der Waals surface area (Å²) in [5, 5.41) is 6.29. The second kappa shape index (κ2) is 15.2. The van der Waals surface area contributed by atoms with E-state index in [1.165, 1.54) is 12.1 Å². The fourth-order valence-electron chi connectivity index (χ4n) is 4.86. The Balaban J connectivity index is 1.36. The molecule has 1 heterocycles. The van der Waals surface area contributed by atoms with Gasteiger partial charge in [-0.15, -0.1) is 0 Å². The fourth-order valence-corrected chi connectivity index (χ4v) is 4.86. The maximum Gasteiger partial charge on any atom is 0.261 e. The molecule has 2 N–H and O–H groups in total. The molecular weight excluding hydrogens is 521 g/mol. The number of halogens is 1. The van der Waals surface area contributed by atoms with Crippen LogP contribution >= 0.6 is 0 Å². The van der Waals surface area contributed by atoms with Crippen LogP contribution in [0.25, 0.3) is 0 Å². The van der Waals surface area contributed by atoms with Gasteiger partial charge in [0.2, 0.25) is 5.91 Å². The van der Waals surface area contributed by atoms with E-state index in [-0.39, 0.29) is 24.2 Å². The van der Waals surface area contributed by atoms with Crippen LogP contribution in [0, 0.1) is 12.7 Å². The van der Waals surface area contributed by atoms with E-state index in [0.717, 1.165) is 47.3 Å². The summed E-state index contributed by atoms with van der Waals surface area (Å²) in [6, 6.07) is 19.3. The van der Waals surface area contributed by atoms with Gasteiger partial charge in [0.05, 0.1) is 6.61 Å². The van der Waals surface area contributed by atoms with Gasteiger partial charge in [0.25, 0.3) is 5.91 Å². The monoisotopic (exact) mass is 561 g/mol. The topological polar surface area (TPSA) is 79.9 Å². The Hall–Kier alpha value is -3.91. The number of benzene rings is 3. The van der Waals surface area contributed by atoms with Crippen LogP contribution < -0.4 is 20.1 Å². The van der Waals surface area contributed by atoms with E-state index >= 15 is 0 Å². The Bertz CT molecular complexity index is 1280. The van der Waals surface area contributed by atoms with Crippen molar-refractivity contribution in [2.24, 2.45) is 0 Å². The highest BCUT2D eigenvalue weighted by molar-refractivity contribution is 5.88. The molecule has 1 aliphatic heterocycles. The largest absolute Gasteiger partial charge is 0.493 e. The summed E-state index contributed by atoms with van der Waals surface area (Å²) in [4.78, 5) is 28.1. The summed E-state index contributed by atoms with van der Waals surface area (Å²) in [6.45, 7) is 6.76. The Labute approximate surface area is 242 Å². The highest BCUT2D eigenvalue weighted by atomic mass is 19.1. The van der Waals surface area contributed by atoms with Crippen LogP contribution in [0.15, 0.2) is 66.7 Å². The minimum absolute atomic E-state index is 0.118. The van der Waals surface area contributed by atoms with Gasteiger partial charge in [-0.05, 0) is 85.2 Å². The van der Waals surface area contributed by atoms with Gasteiger partial charge < -0.3 is 25.0 Å². The zero-order valence-corrected chi connectivity index (χ0v) is 24.0. The van der Waals surface area contributed by atoms with Gasteiger partial charge in [-0.25, -0.2) is 4.39 Å². The van der Waals surface area contributed by atoms with Crippen LogP contribution in [0.3, 0.4) is 0 Å². The molecule has 218 valence electrons. The molecule has 1 aliphatic rings. The molecular formula is C33H40FN3O4. The van der Waals surface area contributed by atoms with E-state index in [9.17, 15) is 14.0 Å². The van der Waals surface area contributed by atoms with Crippen LogP contribution in [-0.4, -0.2) is 42.5 Å². The lowest BCUT2D eigenvalue weighted by Crippen LogP contribution is -2.49. The summed E-state index contributed by atoms with van der Waals surface area (Å²) in [5.74, 6) is 0.816. The first kappa shape index (κ1) is 30.1. The number of nitrogens with zero attached hydrogens (tertiary/aromatic N) is 1. The number of carbonyl (C=O) groups excluding carboxylic acids is 2. The van der Waals surface area contributed by atoms with Gasteiger partial charge in [0.15, 0.2) is 6.61 Å². The van der Waals surface area contributed by atoms with E-state index in [1.54, 1.807) is 17.0 Å². The van der Waals surface area contributed by atoms with Crippen molar-refractivity contribution >= 4 is 11.8 Å². The number of amides is 2. The minimum Gasteiger partial charge on any atom is -0.493 e. The van der Waals surface area contributed by atoms with Gasteiger partial charge in [-0.1, -0.05) is 43.3 Å². The zero-order chi connectivity index (χ0) is 29.0. The molecule has 0 aliphatic carbocycles. The SMILES string of the molecule is CCCOc1ccc(CN(C(=O)COc2ccc(CNCc3ccc(F)cc3)cc2)[C@H]2CCCCNC2=O)cc1C. The number of rotatable bonds is 13. The standard InChI is InChI=1S/C33H40FN3O4/c1-3-18-40-31-16-11-27(19-24(31)2)22-37(30-6-4-5-17-36-33(30)39)32(38)23-41-29-14-9-26(10-15-29)21-35-20-25-7-12-28(34)13-8-25/h7-16,19,30,35H,3-6,17-18,20-23H2,1-2H3,(H,36,39)/t30-/m0/s1. The molecule has 1 saturated heterocycles. The third-order valence-corrected chi connectivity index (χ3v) is 7.11. The van der Waals surface area contributed by atoms with Crippen molar-refractivity contribution in [3.63, 3.8) is 0 Å². The van der Waals surface area contributed by atoms with E-state index in [0.29, 0.717) is 45.0 Å².